The van der Waals surface area contributed by atoms with Crippen LogP contribution in [0, 0.1) is 5.82 Å². The minimum absolute atomic E-state index is 0.0106. The number of piperazine rings is 1. The number of alkyl halides is 1. The van der Waals surface area contributed by atoms with Gasteiger partial charge in [-0.1, -0.05) is 6.07 Å². The second kappa shape index (κ2) is 35.6. The lowest BCUT2D eigenvalue weighted by Crippen LogP contribution is -2.55. The van der Waals surface area contributed by atoms with E-state index in [2.05, 4.69) is 54.8 Å². The lowest BCUT2D eigenvalue weighted by molar-refractivity contribution is -0.133. The molecule has 5 unspecified atom stereocenters. The minimum atomic E-state index is -0.758. The summed E-state index contributed by atoms with van der Waals surface area (Å²) in [7, 11) is 3.51. The summed E-state index contributed by atoms with van der Waals surface area (Å²) in [6.07, 6.45) is 0.424. The average Bonchev–Trinajstić information content (AvgIpc) is 4.09. The highest BCUT2D eigenvalue weighted by Gasteiger charge is 2.34. The summed E-state index contributed by atoms with van der Waals surface area (Å²) in [6, 6.07) is 10.3. The van der Waals surface area contributed by atoms with Crippen LogP contribution in [0.5, 0.6) is 11.5 Å². The van der Waals surface area contributed by atoms with Gasteiger partial charge in [0.05, 0.1) is 122 Å². The van der Waals surface area contributed by atoms with Crippen LogP contribution in [-0.2, 0) is 42.7 Å². The van der Waals surface area contributed by atoms with Gasteiger partial charge in [0.2, 0.25) is 11.8 Å². The Balaban J connectivity index is 0.684. The van der Waals surface area contributed by atoms with E-state index in [1.807, 2.05) is 9.91 Å². The lowest BCUT2D eigenvalue weighted by Gasteiger charge is -2.33. The molecule has 7 atom stereocenters. The number of carbonyl (C=O) groups is 4. The molecule has 4 saturated heterocycles. The van der Waals surface area contributed by atoms with Gasteiger partial charge in [-0.05, 0) is 44.3 Å². The van der Waals surface area contributed by atoms with Crippen molar-refractivity contribution in [2.75, 3.05) is 170 Å². The number of hydrogen-bond acceptors (Lipinski definition) is 20. The van der Waals surface area contributed by atoms with Gasteiger partial charge >= 0.3 is 12.1 Å². The van der Waals surface area contributed by atoms with Gasteiger partial charge < -0.3 is 79.0 Å². The van der Waals surface area contributed by atoms with Crippen molar-refractivity contribution in [1.82, 2.24) is 52.4 Å². The summed E-state index contributed by atoms with van der Waals surface area (Å²) in [5.74, 6) is 1.04. The van der Waals surface area contributed by atoms with E-state index >= 15 is 0 Å². The minimum Gasteiger partial charge on any atom is -0.497 e. The third-order valence-corrected chi connectivity index (χ3v) is 15.7. The van der Waals surface area contributed by atoms with Crippen LogP contribution in [0.1, 0.15) is 24.9 Å². The Labute approximate surface area is 469 Å². The van der Waals surface area contributed by atoms with E-state index < -0.39 is 27.9 Å². The van der Waals surface area contributed by atoms with Crippen LogP contribution in [0.4, 0.5) is 19.7 Å². The number of halogens is 2. The van der Waals surface area contributed by atoms with Gasteiger partial charge in [0, 0.05) is 81.3 Å². The predicted octanol–water partition coefficient (Wildman–Crippen LogP) is 1.52. The highest BCUT2D eigenvalue weighted by atomic mass is 35.5. The van der Waals surface area contributed by atoms with Crippen molar-refractivity contribution in [2.45, 2.75) is 53.0 Å². The number of methoxy groups -OCH3 is 1. The van der Waals surface area contributed by atoms with Gasteiger partial charge in [-0.15, -0.1) is 35.1 Å². The van der Waals surface area contributed by atoms with Crippen molar-refractivity contribution in [3.05, 3.63) is 53.8 Å². The number of urea groups is 2. The molecule has 8 N–H and O–H groups in total. The fourth-order valence-corrected chi connectivity index (χ4v) is 10.7. The first-order valence-corrected chi connectivity index (χ1v) is 28.8. The predicted molar refractivity (Wildman–Crippen MR) is 294 cm³/mol. The van der Waals surface area contributed by atoms with Gasteiger partial charge in [-0.2, -0.15) is 5.53 Å². The van der Waals surface area contributed by atoms with Gasteiger partial charge in [0.15, 0.2) is 0 Å². The Morgan fingerprint density at radius 1 is 0.833 bits per heavy atom. The first kappa shape index (κ1) is 63.1. The zero-order valence-corrected chi connectivity index (χ0v) is 47.2. The van der Waals surface area contributed by atoms with E-state index in [-0.39, 0.29) is 67.8 Å². The number of likely N-dealkylation sites (N-methyl/N-ethyl adjacent to an activating group) is 1. The number of hydrogen-bond donors (Lipinski definition) is 8. The Bertz CT molecular complexity index is 2100. The number of nitrogens with one attached hydrogen (secondary N) is 8. The van der Waals surface area contributed by atoms with Crippen molar-refractivity contribution < 1.29 is 66.2 Å². The first-order chi connectivity index (χ1) is 37.9. The normalized spacial score (nSPS) is 21.6. The maximum Gasteiger partial charge on any atom is 0.321 e. The van der Waals surface area contributed by atoms with E-state index in [0.29, 0.717) is 115 Å². The molecule has 4 heterocycles. The second-order valence-electron chi connectivity index (χ2n) is 18.6. The van der Waals surface area contributed by atoms with Crippen LogP contribution in [0.25, 0.3) is 0 Å². The molecule has 6 rings (SSSR count). The van der Waals surface area contributed by atoms with E-state index in [1.165, 1.54) is 24.9 Å². The molecule has 438 valence electrons. The van der Waals surface area contributed by atoms with Crippen molar-refractivity contribution in [3.63, 3.8) is 0 Å². The highest BCUT2D eigenvalue weighted by molar-refractivity contribution is 8.01. The third kappa shape index (κ3) is 23.6. The maximum atomic E-state index is 14.7. The van der Waals surface area contributed by atoms with E-state index in [1.54, 1.807) is 55.1 Å². The SMILES string of the molecule is COc1ccc([C@@H](C)NC(=O)[C@H](COCCOCCOCCN2CC(COCCOCCOCCOCCOc3ccc(NC(=O)NC4NC(CC(=O)N5CCN(C)CC5)CS4)cc3)NN2)SC2NC(=O)NCC2Cl)c(F)c1. The van der Waals surface area contributed by atoms with E-state index in [4.69, 9.17) is 54.2 Å². The number of amides is 6. The van der Waals surface area contributed by atoms with Gasteiger partial charge in [-0.25, -0.2) is 24.4 Å². The summed E-state index contributed by atoms with van der Waals surface area (Å²) in [5.41, 5.74) is 7.01. The number of benzene rings is 2. The van der Waals surface area contributed by atoms with E-state index in [0.717, 1.165) is 38.5 Å². The van der Waals surface area contributed by atoms with Crippen LogP contribution in [0.3, 0.4) is 0 Å². The molecule has 4 aliphatic rings. The fourth-order valence-electron chi connectivity index (χ4n) is 8.14. The van der Waals surface area contributed by atoms with Crippen LogP contribution in [0.15, 0.2) is 42.5 Å². The highest BCUT2D eigenvalue weighted by Crippen LogP contribution is 2.27. The molecule has 28 heteroatoms. The molecule has 24 nitrogen and oxygen atoms in total. The summed E-state index contributed by atoms with van der Waals surface area (Å²) >= 11 is 9.19. The molecule has 0 bridgehead atoms. The Morgan fingerprint density at radius 3 is 2.15 bits per heavy atom. The molecule has 4 fully saturated rings. The topological polar surface area (TPSA) is 257 Å². The molecule has 0 saturated carbocycles. The molecular formula is C50H79ClFN11O13S2. The number of nitrogens with zero attached hydrogens (tertiary/aromatic N) is 3. The van der Waals surface area contributed by atoms with Crippen LogP contribution >= 0.6 is 35.1 Å². The van der Waals surface area contributed by atoms with Gasteiger partial charge in [0.25, 0.3) is 0 Å². The molecule has 0 aromatic heterocycles. The largest absolute Gasteiger partial charge is 0.497 e. The van der Waals surface area contributed by atoms with Crippen molar-refractivity contribution >= 4 is 64.7 Å². The zero-order valence-electron chi connectivity index (χ0n) is 44.8. The maximum absolute atomic E-state index is 14.7. The van der Waals surface area contributed by atoms with Crippen molar-refractivity contribution in [2.24, 2.45) is 0 Å². The third-order valence-electron chi connectivity index (χ3n) is 12.5. The smallest absolute Gasteiger partial charge is 0.321 e. The number of ether oxygens (including phenoxy) is 9. The number of carbonyl (C=O) groups excluding carboxylic acids is 4. The molecule has 2 aromatic rings. The molecule has 0 aliphatic carbocycles. The fraction of sp³-hybridized carbons (Fsp3) is 0.680. The monoisotopic (exact) mass is 1160 g/mol. The first-order valence-electron chi connectivity index (χ1n) is 26.3. The zero-order chi connectivity index (χ0) is 55.3. The number of hydrazine groups is 2. The molecule has 78 heavy (non-hydrogen) atoms. The molecular weight excluding hydrogens is 1080 g/mol. The number of anilines is 1. The number of rotatable bonds is 36. The standard InChI is InChI=1S/C50H79ClFN11O13S2/c1-35(41-9-8-40(68-3)29-43(41)52)54-46(65)44(78-47-42(51)30-53-48(66)57-47)33-75-25-23-71-17-16-69-15-14-63-31-38(59-60-63)32-74-24-22-72-19-18-70-20-21-73-26-27-76-39-6-4-36(5-7-39)55-49(67)58-50-56-37(34-77-50)28-45(64)62-12-10-61(2)11-13-62/h4-9,29,35,37-38,42,44,47,50,56,59-60H,10-28,30-34H2,1-3H3,(H,54,65)(H2,53,57,66)(H2,55,58,67)/t35-,37?,38?,42?,44+,47?,50?/m1/s1. The second-order valence-corrected chi connectivity index (χ2v) is 21.6. The van der Waals surface area contributed by atoms with Crippen LogP contribution < -0.4 is 52.3 Å². The summed E-state index contributed by atoms with van der Waals surface area (Å²) in [4.78, 5) is 54.8. The number of thioether (sulfide) groups is 2. The molecule has 6 amide bonds. The van der Waals surface area contributed by atoms with E-state index in [9.17, 15) is 23.6 Å². The summed E-state index contributed by atoms with van der Waals surface area (Å²) in [5, 5.41) is 17.6. The quantitative estimate of drug-likeness (QED) is 0.0356. The molecule has 0 spiro atoms. The van der Waals surface area contributed by atoms with Gasteiger partial charge in [-0.3, -0.25) is 14.9 Å². The van der Waals surface area contributed by atoms with Crippen LogP contribution in [-0.4, -0.2) is 237 Å². The Kier molecular flexibility index (Phi) is 28.9. The van der Waals surface area contributed by atoms with Crippen molar-refractivity contribution in [3.8, 4) is 11.5 Å². The summed E-state index contributed by atoms with van der Waals surface area (Å²) < 4.78 is 65.4. The molecule has 2 aromatic carbocycles. The lowest BCUT2D eigenvalue weighted by atomic mass is 10.1. The van der Waals surface area contributed by atoms with Crippen LogP contribution in [0.2, 0.25) is 0 Å². The molecule has 4 aliphatic heterocycles. The van der Waals surface area contributed by atoms with Gasteiger partial charge in [0.1, 0.15) is 34.7 Å². The Hall–Kier alpha value is -4.04. The average molecular weight is 1160 g/mol. The van der Waals surface area contributed by atoms with Crippen molar-refractivity contribution in [1.29, 1.82) is 0 Å². The molecule has 0 radical (unpaired) electrons. The summed E-state index contributed by atoms with van der Waals surface area (Å²) in [6.45, 7) is 12.3. The Morgan fingerprint density at radius 2 is 1.47 bits per heavy atom.